The Hall–Kier alpha value is -2.93. The summed E-state index contributed by atoms with van der Waals surface area (Å²) in [5.74, 6) is 0.544. The van der Waals surface area contributed by atoms with Crippen LogP contribution in [0.15, 0.2) is 47.1 Å². The van der Waals surface area contributed by atoms with Crippen molar-refractivity contribution in [3.63, 3.8) is 0 Å². The van der Waals surface area contributed by atoms with E-state index in [1.807, 2.05) is 53.9 Å². The zero-order valence-electron chi connectivity index (χ0n) is 15.6. The lowest BCUT2D eigenvalue weighted by Crippen LogP contribution is -2.48. The first-order valence-electron chi connectivity index (χ1n) is 9.13. The van der Waals surface area contributed by atoms with Crippen LogP contribution in [0.3, 0.4) is 0 Å². The lowest BCUT2D eigenvalue weighted by Gasteiger charge is -2.34. The number of hydrogen-bond donors (Lipinski definition) is 0. The number of carbonyl (C=O) groups is 1. The molecule has 1 aliphatic rings. The van der Waals surface area contributed by atoms with E-state index < -0.39 is 0 Å². The van der Waals surface area contributed by atoms with E-state index in [0.717, 1.165) is 30.9 Å². The van der Waals surface area contributed by atoms with E-state index in [4.69, 9.17) is 4.52 Å². The van der Waals surface area contributed by atoms with Gasteiger partial charge in [-0.2, -0.15) is 5.10 Å². The maximum atomic E-state index is 12.7. The van der Waals surface area contributed by atoms with E-state index in [1.54, 1.807) is 6.07 Å². The number of amides is 1. The Morgan fingerprint density at radius 3 is 2.56 bits per heavy atom. The van der Waals surface area contributed by atoms with Crippen molar-refractivity contribution in [2.24, 2.45) is 7.05 Å². The van der Waals surface area contributed by atoms with Crippen molar-refractivity contribution in [3.05, 3.63) is 59.5 Å². The predicted octanol–water partition coefficient (Wildman–Crippen LogP) is 2.34. The molecule has 0 spiro atoms. The van der Waals surface area contributed by atoms with Crippen LogP contribution in [0.1, 0.15) is 21.7 Å². The van der Waals surface area contributed by atoms with E-state index in [9.17, 15) is 4.79 Å². The molecule has 0 aliphatic carbocycles. The first-order valence-corrected chi connectivity index (χ1v) is 9.13. The largest absolute Gasteiger partial charge is 0.355 e. The number of aromatic nitrogens is 3. The van der Waals surface area contributed by atoms with E-state index in [2.05, 4.69) is 21.4 Å². The summed E-state index contributed by atoms with van der Waals surface area (Å²) in [7, 11) is 1.94. The molecule has 4 rings (SSSR count). The summed E-state index contributed by atoms with van der Waals surface area (Å²) in [4.78, 5) is 16.9. The molecule has 7 heteroatoms. The third kappa shape index (κ3) is 3.78. The van der Waals surface area contributed by atoms with Gasteiger partial charge in [-0.15, -0.1) is 0 Å². The number of carbonyl (C=O) groups excluding carboxylic acids is 1. The highest BCUT2D eigenvalue weighted by Crippen LogP contribution is 2.21. The van der Waals surface area contributed by atoms with Crippen LogP contribution in [-0.4, -0.2) is 56.8 Å². The normalized spacial score (nSPS) is 15.3. The maximum Gasteiger partial charge on any atom is 0.276 e. The minimum Gasteiger partial charge on any atom is -0.355 e. The molecule has 0 radical (unpaired) electrons. The molecule has 1 amide bonds. The molecule has 27 heavy (non-hydrogen) atoms. The average molecular weight is 365 g/mol. The average Bonchev–Trinajstić information content (AvgIpc) is 3.29. The smallest absolute Gasteiger partial charge is 0.276 e. The van der Waals surface area contributed by atoms with E-state index in [0.29, 0.717) is 24.5 Å². The van der Waals surface area contributed by atoms with Gasteiger partial charge in [0.25, 0.3) is 5.91 Å². The Bertz CT molecular complexity index is 923. The van der Waals surface area contributed by atoms with Crippen LogP contribution in [-0.2, 0) is 13.6 Å². The molecule has 0 saturated carbocycles. The lowest BCUT2D eigenvalue weighted by atomic mass is 10.1. The highest BCUT2D eigenvalue weighted by Gasteiger charge is 2.25. The summed E-state index contributed by atoms with van der Waals surface area (Å²) in [6.07, 6.45) is 2.06. The standard InChI is InChI=1S/C20H23N5O2/c1-15-17(13-23(2)21-15)14-24-8-10-25(11-9-24)20(26)18-12-19(27-22-18)16-6-4-3-5-7-16/h3-7,12-13H,8-11,14H2,1-2H3. The van der Waals surface area contributed by atoms with Crippen molar-refractivity contribution >= 4 is 5.91 Å². The van der Waals surface area contributed by atoms with Crippen molar-refractivity contribution < 1.29 is 9.32 Å². The summed E-state index contributed by atoms with van der Waals surface area (Å²) in [5.41, 5.74) is 3.58. The van der Waals surface area contributed by atoms with Crippen LogP contribution in [0.2, 0.25) is 0 Å². The molecule has 7 nitrogen and oxygen atoms in total. The number of nitrogens with zero attached hydrogens (tertiary/aromatic N) is 5. The van der Waals surface area contributed by atoms with Gasteiger partial charge in [-0.3, -0.25) is 14.4 Å². The van der Waals surface area contributed by atoms with Crippen molar-refractivity contribution in [2.45, 2.75) is 13.5 Å². The monoisotopic (exact) mass is 365 g/mol. The Kier molecular flexibility index (Phi) is 4.77. The van der Waals surface area contributed by atoms with Gasteiger partial charge in [0.15, 0.2) is 11.5 Å². The Morgan fingerprint density at radius 1 is 1.15 bits per heavy atom. The second kappa shape index (κ2) is 7.36. The molecule has 1 aliphatic heterocycles. The molecule has 1 aromatic carbocycles. The number of hydrogen-bond acceptors (Lipinski definition) is 5. The topological polar surface area (TPSA) is 67.4 Å². The summed E-state index contributed by atoms with van der Waals surface area (Å²) in [6.45, 7) is 5.94. The van der Waals surface area contributed by atoms with Crippen molar-refractivity contribution in [1.82, 2.24) is 24.7 Å². The van der Waals surface area contributed by atoms with Crippen LogP contribution < -0.4 is 0 Å². The molecule has 1 saturated heterocycles. The van der Waals surface area contributed by atoms with E-state index in [1.165, 1.54) is 5.56 Å². The van der Waals surface area contributed by atoms with Crippen LogP contribution in [0.5, 0.6) is 0 Å². The molecule has 3 heterocycles. The van der Waals surface area contributed by atoms with E-state index in [-0.39, 0.29) is 5.91 Å². The van der Waals surface area contributed by atoms with Gasteiger partial charge in [0, 0.05) is 63.2 Å². The molecule has 2 aromatic heterocycles. The molecule has 0 N–H and O–H groups in total. The van der Waals surface area contributed by atoms with Gasteiger partial charge >= 0.3 is 0 Å². The fourth-order valence-corrected chi connectivity index (χ4v) is 3.43. The maximum absolute atomic E-state index is 12.7. The van der Waals surface area contributed by atoms with Crippen LogP contribution in [0.25, 0.3) is 11.3 Å². The quantitative estimate of drug-likeness (QED) is 0.710. The fourth-order valence-electron chi connectivity index (χ4n) is 3.43. The van der Waals surface area contributed by atoms with Crippen LogP contribution >= 0.6 is 0 Å². The highest BCUT2D eigenvalue weighted by molar-refractivity contribution is 5.93. The molecule has 3 aromatic rings. The Labute approximate surface area is 158 Å². The highest BCUT2D eigenvalue weighted by atomic mass is 16.5. The van der Waals surface area contributed by atoms with Crippen molar-refractivity contribution in [3.8, 4) is 11.3 Å². The number of rotatable bonds is 4. The number of aryl methyl sites for hydroxylation is 2. The Balaban J connectivity index is 1.36. The second-order valence-corrected chi connectivity index (χ2v) is 6.92. The zero-order chi connectivity index (χ0) is 18.8. The van der Waals surface area contributed by atoms with E-state index >= 15 is 0 Å². The SMILES string of the molecule is Cc1nn(C)cc1CN1CCN(C(=O)c2cc(-c3ccccc3)on2)CC1. The fraction of sp³-hybridized carbons (Fsp3) is 0.350. The minimum atomic E-state index is -0.0712. The second-order valence-electron chi connectivity index (χ2n) is 6.92. The van der Waals surface area contributed by atoms with Gasteiger partial charge in [-0.05, 0) is 6.92 Å². The number of benzene rings is 1. The molecule has 0 bridgehead atoms. The summed E-state index contributed by atoms with van der Waals surface area (Å²) in [6, 6.07) is 11.4. The molecular weight excluding hydrogens is 342 g/mol. The molecule has 140 valence electrons. The first-order chi connectivity index (χ1) is 13.1. The van der Waals surface area contributed by atoms with Gasteiger partial charge in [-0.1, -0.05) is 35.5 Å². The van der Waals surface area contributed by atoms with Gasteiger partial charge in [0.1, 0.15) is 0 Å². The third-order valence-corrected chi connectivity index (χ3v) is 4.96. The zero-order valence-corrected chi connectivity index (χ0v) is 15.6. The van der Waals surface area contributed by atoms with Gasteiger partial charge < -0.3 is 9.42 Å². The molecular formula is C20H23N5O2. The minimum absolute atomic E-state index is 0.0712. The van der Waals surface area contributed by atoms with Gasteiger partial charge in [0.2, 0.25) is 0 Å². The summed E-state index contributed by atoms with van der Waals surface area (Å²) < 4.78 is 7.21. The molecule has 0 unspecified atom stereocenters. The van der Waals surface area contributed by atoms with Crippen LogP contribution in [0.4, 0.5) is 0 Å². The third-order valence-electron chi connectivity index (χ3n) is 4.96. The van der Waals surface area contributed by atoms with Crippen molar-refractivity contribution in [1.29, 1.82) is 0 Å². The first kappa shape index (κ1) is 17.5. The molecule has 1 fully saturated rings. The van der Waals surface area contributed by atoms with Crippen LogP contribution in [0, 0.1) is 6.92 Å². The number of piperazine rings is 1. The lowest BCUT2D eigenvalue weighted by molar-refractivity contribution is 0.0618. The Morgan fingerprint density at radius 2 is 1.89 bits per heavy atom. The summed E-state index contributed by atoms with van der Waals surface area (Å²) in [5, 5.41) is 8.37. The predicted molar refractivity (Wildman–Crippen MR) is 101 cm³/mol. The summed E-state index contributed by atoms with van der Waals surface area (Å²) >= 11 is 0. The molecule has 0 atom stereocenters. The van der Waals surface area contributed by atoms with Gasteiger partial charge in [-0.25, -0.2) is 0 Å². The van der Waals surface area contributed by atoms with Gasteiger partial charge in [0.05, 0.1) is 5.69 Å². The van der Waals surface area contributed by atoms with Crippen molar-refractivity contribution in [2.75, 3.05) is 26.2 Å².